The van der Waals surface area contributed by atoms with Gasteiger partial charge in [-0.15, -0.1) is 15.8 Å². The zero-order valence-electron chi connectivity index (χ0n) is 12.0. The molecule has 0 N–H and O–H groups in total. The Balaban J connectivity index is 3.26. The Hall–Kier alpha value is 0.860. The van der Waals surface area contributed by atoms with Crippen molar-refractivity contribution < 1.29 is 0 Å². The van der Waals surface area contributed by atoms with Gasteiger partial charge in [-0.25, -0.2) is 0 Å². The molecule has 16 heavy (non-hydrogen) atoms. The van der Waals surface area contributed by atoms with Gasteiger partial charge in [-0.2, -0.15) is 0 Å². The van der Waals surface area contributed by atoms with Crippen LogP contribution in [0.15, 0.2) is 0 Å². The van der Waals surface area contributed by atoms with Gasteiger partial charge in [-0.1, -0.05) is 40.5 Å². The van der Waals surface area contributed by atoms with Crippen LogP contribution in [0, 0.1) is 0 Å². The topological polar surface area (TPSA) is 0 Å². The molecule has 0 saturated carbocycles. The highest BCUT2D eigenvalue weighted by Gasteiger charge is 2.03. The van der Waals surface area contributed by atoms with Crippen LogP contribution in [-0.4, -0.2) is 37.0 Å². The van der Waals surface area contributed by atoms with Gasteiger partial charge in [0.1, 0.15) is 0 Å². The minimum absolute atomic E-state index is 0.408. The molecule has 0 radical (unpaired) electrons. The molecule has 0 aliphatic rings. The first-order valence-corrected chi connectivity index (χ1v) is 11.0. The van der Waals surface area contributed by atoms with E-state index in [1.807, 2.05) is 0 Å². The standard InChI is InChI=1S/C14H32P2/c1-5-15(6-2)13-11-9-10-12-14-16(7-3)8-4/h5-14H2,1-4H3. The van der Waals surface area contributed by atoms with Crippen LogP contribution in [0.25, 0.3) is 0 Å². The zero-order valence-corrected chi connectivity index (χ0v) is 13.8. The maximum Gasteiger partial charge on any atom is -0.0326 e. The molecule has 0 aliphatic carbocycles. The molecular weight excluding hydrogens is 230 g/mol. The Bertz CT molecular complexity index is 113. The van der Waals surface area contributed by atoms with Crippen molar-refractivity contribution in [2.24, 2.45) is 0 Å². The van der Waals surface area contributed by atoms with Crippen molar-refractivity contribution in [3.8, 4) is 0 Å². The Labute approximate surface area is 106 Å². The van der Waals surface area contributed by atoms with Crippen LogP contribution in [0.4, 0.5) is 0 Å². The minimum atomic E-state index is 0.408. The SMILES string of the molecule is CCP(CC)CCCCCCP(CC)CC. The lowest BCUT2D eigenvalue weighted by molar-refractivity contribution is 0.707. The van der Waals surface area contributed by atoms with Gasteiger partial charge in [0.15, 0.2) is 0 Å². The summed E-state index contributed by atoms with van der Waals surface area (Å²) in [4.78, 5) is 0. The van der Waals surface area contributed by atoms with E-state index in [0.717, 1.165) is 0 Å². The smallest absolute Gasteiger partial charge is 0.0326 e. The van der Waals surface area contributed by atoms with Crippen molar-refractivity contribution in [1.29, 1.82) is 0 Å². The van der Waals surface area contributed by atoms with Gasteiger partial charge in [0, 0.05) is 0 Å². The molecule has 0 nitrogen and oxygen atoms in total. The number of unbranched alkanes of at least 4 members (excludes halogenated alkanes) is 3. The second-order valence-electron chi connectivity index (χ2n) is 4.47. The molecule has 0 aromatic carbocycles. The molecule has 2 heteroatoms. The molecule has 0 amide bonds. The summed E-state index contributed by atoms with van der Waals surface area (Å²) in [7, 11) is 0.817. The Morgan fingerprint density at radius 1 is 0.500 bits per heavy atom. The predicted molar refractivity (Wildman–Crippen MR) is 84.2 cm³/mol. The van der Waals surface area contributed by atoms with E-state index in [2.05, 4.69) is 27.7 Å². The van der Waals surface area contributed by atoms with Gasteiger partial charge in [0.2, 0.25) is 0 Å². The molecule has 0 heterocycles. The highest BCUT2D eigenvalue weighted by molar-refractivity contribution is 7.57. The monoisotopic (exact) mass is 262 g/mol. The fourth-order valence-electron chi connectivity index (χ4n) is 2.10. The van der Waals surface area contributed by atoms with Gasteiger partial charge in [-0.3, -0.25) is 0 Å². The van der Waals surface area contributed by atoms with Crippen LogP contribution >= 0.6 is 15.8 Å². The van der Waals surface area contributed by atoms with Crippen LogP contribution in [-0.2, 0) is 0 Å². The first-order valence-electron chi connectivity index (χ1n) is 7.23. The molecule has 0 aromatic rings. The number of rotatable bonds is 11. The normalized spacial score (nSPS) is 11.6. The Morgan fingerprint density at radius 2 is 0.812 bits per heavy atom. The summed E-state index contributed by atoms with van der Waals surface area (Å²) in [6.07, 6.45) is 14.9. The third-order valence-corrected chi connectivity index (χ3v) is 8.96. The lowest BCUT2D eigenvalue weighted by Crippen LogP contribution is -1.93. The summed E-state index contributed by atoms with van der Waals surface area (Å²) < 4.78 is 0. The molecule has 0 aliphatic heterocycles. The molecule has 98 valence electrons. The third-order valence-electron chi connectivity index (χ3n) is 3.49. The molecule has 0 fully saturated rings. The van der Waals surface area contributed by atoms with Crippen molar-refractivity contribution in [1.82, 2.24) is 0 Å². The fraction of sp³-hybridized carbons (Fsp3) is 1.00. The lowest BCUT2D eigenvalue weighted by Gasteiger charge is -2.14. The minimum Gasteiger partial charge on any atom is -0.107 e. The van der Waals surface area contributed by atoms with E-state index in [1.54, 1.807) is 12.3 Å². The second-order valence-corrected chi connectivity index (χ2v) is 10.6. The zero-order chi connectivity index (χ0) is 12.2. The van der Waals surface area contributed by atoms with E-state index < -0.39 is 0 Å². The quantitative estimate of drug-likeness (QED) is 0.336. The van der Waals surface area contributed by atoms with Gasteiger partial charge in [0.25, 0.3) is 0 Å². The van der Waals surface area contributed by atoms with E-state index in [4.69, 9.17) is 0 Å². The maximum absolute atomic E-state index is 2.37. The van der Waals surface area contributed by atoms with E-state index in [9.17, 15) is 0 Å². The fourth-order valence-corrected chi connectivity index (χ4v) is 5.61. The van der Waals surface area contributed by atoms with Gasteiger partial charge in [-0.05, 0) is 49.8 Å². The van der Waals surface area contributed by atoms with Crippen molar-refractivity contribution in [3.05, 3.63) is 0 Å². The van der Waals surface area contributed by atoms with E-state index in [1.165, 1.54) is 50.3 Å². The first kappa shape index (κ1) is 16.9. The van der Waals surface area contributed by atoms with Gasteiger partial charge >= 0.3 is 0 Å². The predicted octanol–water partition coefficient (Wildman–Crippen LogP) is 5.59. The molecular formula is C14H32P2. The van der Waals surface area contributed by atoms with Gasteiger partial charge in [0.05, 0.1) is 0 Å². The van der Waals surface area contributed by atoms with Crippen molar-refractivity contribution in [2.45, 2.75) is 53.4 Å². The summed E-state index contributed by atoms with van der Waals surface area (Å²) in [5, 5.41) is 0. The molecule has 0 saturated heterocycles. The average molecular weight is 262 g/mol. The van der Waals surface area contributed by atoms with Crippen LogP contribution in [0.3, 0.4) is 0 Å². The molecule has 0 rings (SSSR count). The van der Waals surface area contributed by atoms with Crippen LogP contribution in [0.2, 0.25) is 0 Å². The average Bonchev–Trinajstić information content (AvgIpc) is 2.33. The molecule has 0 atom stereocenters. The van der Waals surface area contributed by atoms with Crippen molar-refractivity contribution in [3.63, 3.8) is 0 Å². The maximum atomic E-state index is 2.37. The summed E-state index contributed by atoms with van der Waals surface area (Å²) in [6.45, 7) is 9.46. The molecule has 0 aromatic heterocycles. The summed E-state index contributed by atoms with van der Waals surface area (Å²) >= 11 is 0. The van der Waals surface area contributed by atoms with E-state index >= 15 is 0 Å². The largest absolute Gasteiger partial charge is 0.107 e. The lowest BCUT2D eigenvalue weighted by atomic mass is 10.2. The van der Waals surface area contributed by atoms with Crippen LogP contribution in [0.1, 0.15) is 53.4 Å². The number of hydrogen-bond donors (Lipinski definition) is 0. The van der Waals surface area contributed by atoms with E-state index in [0.29, 0.717) is 15.8 Å². The van der Waals surface area contributed by atoms with Crippen LogP contribution in [0.5, 0.6) is 0 Å². The summed E-state index contributed by atoms with van der Waals surface area (Å²) in [5.74, 6) is 0. The summed E-state index contributed by atoms with van der Waals surface area (Å²) in [5.41, 5.74) is 0. The van der Waals surface area contributed by atoms with Gasteiger partial charge < -0.3 is 0 Å². The third kappa shape index (κ3) is 8.95. The second kappa shape index (κ2) is 12.3. The number of hydrogen-bond acceptors (Lipinski definition) is 0. The highest BCUT2D eigenvalue weighted by Crippen LogP contribution is 2.36. The Kier molecular flexibility index (Phi) is 13.0. The van der Waals surface area contributed by atoms with Crippen LogP contribution < -0.4 is 0 Å². The van der Waals surface area contributed by atoms with E-state index in [-0.39, 0.29) is 0 Å². The molecule has 0 spiro atoms. The first-order chi connectivity index (χ1) is 7.78. The van der Waals surface area contributed by atoms with Crippen molar-refractivity contribution >= 4 is 15.8 Å². The molecule has 0 bridgehead atoms. The summed E-state index contributed by atoms with van der Waals surface area (Å²) in [6, 6.07) is 0. The van der Waals surface area contributed by atoms with Crippen molar-refractivity contribution in [2.75, 3.05) is 37.0 Å². The molecule has 0 unspecified atom stereocenters. The highest BCUT2D eigenvalue weighted by atomic mass is 31.1. The Morgan fingerprint density at radius 3 is 1.06 bits per heavy atom.